The molecule has 3 N–H and O–H groups in total. The molecule has 5 rings (SSSR count). The van der Waals surface area contributed by atoms with E-state index in [0.717, 1.165) is 12.1 Å². The number of nitrogens with zero attached hydrogens (tertiary/aromatic N) is 8. The van der Waals surface area contributed by atoms with E-state index in [1.807, 2.05) is 18.7 Å². The minimum atomic E-state index is -2.93. The average Bonchev–Trinajstić information content (AvgIpc) is 3.47. The summed E-state index contributed by atoms with van der Waals surface area (Å²) in [6, 6.07) is 1.97. The van der Waals surface area contributed by atoms with E-state index < -0.39 is 36.1 Å². The molecule has 0 aliphatic carbocycles. The molecule has 0 saturated carbocycles. The topological polar surface area (TPSA) is 140 Å². The SMILES string of the molecule is [2H]C1([2H])CC[C@H]2C[C@@H](Nc3nc(Nc4cc(-n5nnn(C([2H])([2H])[2H])c5=O)c(OCC(C)(C)O)cc4F)ncc3[N+]#[C-])CC(C)(C)N21. The van der Waals surface area contributed by atoms with Gasteiger partial charge in [-0.15, -0.1) is 0 Å². The van der Waals surface area contributed by atoms with Gasteiger partial charge in [0.15, 0.2) is 5.82 Å². The Morgan fingerprint density at radius 3 is 2.90 bits per heavy atom. The molecule has 4 heterocycles. The predicted molar refractivity (Wildman–Crippen MR) is 150 cm³/mol. The Kier molecular flexibility index (Phi) is 5.90. The number of aliphatic hydroxyl groups is 1. The number of fused-ring (bicyclic) bond motifs is 1. The maximum atomic E-state index is 15.5. The highest BCUT2D eigenvalue weighted by Crippen LogP contribution is 2.39. The van der Waals surface area contributed by atoms with Crippen molar-refractivity contribution < 1.29 is 21.1 Å². The molecule has 3 aromatic rings. The van der Waals surface area contributed by atoms with Gasteiger partial charge in [-0.05, 0) is 76.4 Å². The van der Waals surface area contributed by atoms with Crippen molar-refractivity contribution in [3.63, 3.8) is 0 Å². The van der Waals surface area contributed by atoms with Crippen LogP contribution < -0.4 is 21.1 Å². The standard InChI is InChI=1S/C27H35FN10O3/c1-26(2)13-16(10-17-8-7-9-37(17)26)31-23-20(29-5)14-30-24(33-23)32-19-12-21(38-25(39)36(6)34-35-38)22(11-18(19)28)41-15-27(3,4)40/h11-12,14,16-17,40H,7-10,13,15H2,1-4,6H3,(H2,30,31,32,33)/t16-,17+/m1/s1/i6D3,9D2. The maximum Gasteiger partial charge on any atom is 0.368 e. The molecular formula is C27H35FN10O3. The lowest BCUT2D eigenvalue weighted by atomic mass is 9.84. The lowest BCUT2D eigenvalue weighted by Gasteiger charge is -2.48. The van der Waals surface area contributed by atoms with Crippen LogP contribution in [0.2, 0.25) is 0 Å². The number of aryl methyl sites for hydroxylation is 1. The van der Waals surface area contributed by atoms with Gasteiger partial charge in [-0.25, -0.2) is 24.0 Å². The summed E-state index contributed by atoms with van der Waals surface area (Å²) >= 11 is 0. The molecule has 41 heavy (non-hydrogen) atoms. The first-order valence-corrected chi connectivity index (χ1v) is 13.1. The van der Waals surface area contributed by atoms with Crippen LogP contribution in [-0.2, 0) is 6.98 Å². The minimum absolute atomic E-state index is 0.0171. The largest absolute Gasteiger partial charge is 0.488 e. The van der Waals surface area contributed by atoms with Crippen LogP contribution in [0.15, 0.2) is 23.1 Å². The van der Waals surface area contributed by atoms with E-state index >= 15 is 4.39 Å². The highest BCUT2D eigenvalue weighted by molar-refractivity contribution is 5.69. The van der Waals surface area contributed by atoms with Crippen LogP contribution in [0.1, 0.15) is 60.2 Å². The second-order valence-corrected chi connectivity index (χ2v) is 11.5. The van der Waals surface area contributed by atoms with Crippen molar-refractivity contribution >= 4 is 23.1 Å². The zero-order valence-corrected chi connectivity index (χ0v) is 23.1. The van der Waals surface area contributed by atoms with Crippen LogP contribution in [0.4, 0.5) is 27.5 Å². The Morgan fingerprint density at radius 2 is 2.20 bits per heavy atom. The van der Waals surface area contributed by atoms with Crippen molar-refractivity contribution in [1.29, 1.82) is 0 Å². The molecular weight excluding hydrogens is 531 g/mol. The first-order chi connectivity index (χ1) is 21.3. The lowest BCUT2D eigenvalue weighted by molar-refractivity contribution is 0.0283. The fraction of sp³-hybridized carbons (Fsp3) is 0.556. The molecule has 0 radical (unpaired) electrons. The van der Waals surface area contributed by atoms with E-state index in [0.29, 0.717) is 30.4 Å². The molecule has 2 saturated heterocycles. The number of hydrogen-bond acceptors (Lipinski definition) is 10. The molecule has 0 unspecified atom stereocenters. The summed E-state index contributed by atoms with van der Waals surface area (Å²) in [5.74, 6) is -0.952. The van der Waals surface area contributed by atoms with Gasteiger partial charge in [0.05, 0.1) is 17.9 Å². The summed E-state index contributed by atoms with van der Waals surface area (Å²) < 4.78 is 61.4. The van der Waals surface area contributed by atoms with Crippen LogP contribution in [0, 0.1) is 12.4 Å². The second kappa shape index (κ2) is 10.7. The summed E-state index contributed by atoms with van der Waals surface area (Å²) in [7, 11) is 0. The van der Waals surface area contributed by atoms with E-state index in [4.69, 9.17) is 18.2 Å². The van der Waals surface area contributed by atoms with Crippen molar-refractivity contribution in [3.8, 4) is 11.4 Å². The number of benzene rings is 1. The first-order valence-electron chi connectivity index (χ1n) is 15.6. The monoisotopic (exact) mass is 571 g/mol. The highest BCUT2D eigenvalue weighted by Gasteiger charge is 2.43. The van der Waals surface area contributed by atoms with Crippen LogP contribution in [0.5, 0.6) is 5.75 Å². The van der Waals surface area contributed by atoms with Crippen molar-refractivity contribution in [1.82, 2.24) is 34.7 Å². The number of anilines is 3. The minimum Gasteiger partial charge on any atom is -0.488 e. The summed E-state index contributed by atoms with van der Waals surface area (Å²) in [6.45, 7) is 9.91. The van der Waals surface area contributed by atoms with Gasteiger partial charge in [0, 0.05) is 43.7 Å². The Labute approximate surface area is 244 Å². The molecule has 14 heteroatoms. The van der Waals surface area contributed by atoms with Gasteiger partial charge >= 0.3 is 5.69 Å². The van der Waals surface area contributed by atoms with Crippen molar-refractivity contribution in [2.75, 3.05) is 23.7 Å². The fourth-order valence-electron chi connectivity index (χ4n) is 5.27. The zero-order valence-electron chi connectivity index (χ0n) is 28.1. The van der Waals surface area contributed by atoms with Gasteiger partial charge in [0.25, 0.3) is 0 Å². The maximum absolute atomic E-state index is 15.5. The zero-order chi connectivity index (χ0) is 33.8. The smallest absolute Gasteiger partial charge is 0.368 e. The van der Waals surface area contributed by atoms with Crippen LogP contribution in [0.25, 0.3) is 10.5 Å². The third-order valence-electron chi connectivity index (χ3n) is 7.00. The number of hydrogen-bond donors (Lipinski definition) is 3. The summed E-state index contributed by atoms with van der Waals surface area (Å²) in [6.07, 6.45) is 3.66. The summed E-state index contributed by atoms with van der Waals surface area (Å²) in [5.41, 5.74) is -3.19. The number of tetrazole rings is 1. The predicted octanol–water partition coefficient (Wildman–Crippen LogP) is 3.16. The fourth-order valence-corrected chi connectivity index (χ4v) is 5.27. The Bertz CT molecular complexity index is 1730. The second-order valence-electron chi connectivity index (χ2n) is 11.5. The Morgan fingerprint density at radius 1 is 1.39 bits per heavy atom. The number of halogens is 1. The number of ether oxygens (including phenoxy) is 1. The molecule has 0 bridgehead atoms. The number of rotatable bonds is 8. The molecule has 2 aliphatic rings. The van der Waals surface area contributed by atoms with Crippen molar-refractivity contribution in [3.05, 3.63) is 46.0 Å². The number of nitrogens with one attached hydrogen (secondary N) is 2. The van der Waals surface area contributed by atoms with E-state index in [1.54, 1.807) is 0 Å². The van der Waals surface area contributed by atoms with Gasteiger partial charge in [-0.3, -0.25) is 4.90 Å². The number of aromatic nitrogens is 6. The Hall–Kier alpha value is -4.09. The molecule has 2 aromatic heterocycles. The van der Waals surface area contributed by atoms with Crippen LogP contribution in [-0.4, -0.2) is 76.1 Å². The molecule has 218 valence electrons. The summed E-state index contributed by atoms with van der Waals surface area (Å²) in [5, 5.41) is 23.3. The van der Waals surface area contributed by atoms with E-state index in [1.165, 1.54) is 20.0 Å². The molecule has 2 atom stereocenters. The molecule has 2 fully saturated rings. The van der Waals surface area contributed by atoms with Crippen LogP contribution >= 0.6 is 0 Å². The highest BCUT2D eigenvalue weighted by atomic mass is 19.1. The molecule has 1 aromatic carbocycles. The average molecular weight is 572 g/mol. The van der Waals surface area contributed by atoms with Gasteiger partial charge < -0.3 is 20.5 Å². The first kappa shape index (κ1) is 22.6. The van der Waals surface area contributed by atoms with E-state index in [2.05, 4.69) is 35.9 Å². The van der Waals surface area contributed by atoms with Gasteiger partial charge in [0.2, 0.25) is 11.6 Å². The van der Waals surface area contributed by atoms with Gasteiger partial charge in [0.1, 0.15) is 23.9 Å². The van der Waals surface area contributed by atoms with Crippen LogP contribution in [0.3, 0.4) is 0 Å². The van der Waals surface area contributed by atoms with E-state index in [-0.39, 0.29) is 58.0 Å². The normalized spacial score (nSPS) is 23.7. The molecule has 2 aliphatic heterocycles. The van der Waals surface area contributed by atoms with Gasteiger partial charge in [-0.2, -0.15) is 9.36 Å². The molecule has 0 spiro atoms. The lowest BCUT2D eigenvalue weighted by Crippen LogP contribution is -2.55. The summed E-state index contributed by atoms with van der Waals surface area (Å²) in [4.78, 5) is 27.0. The quantitative estimate of drug-likeness (QED) is 0.346. The third kappa shape index (κ3) is 6.01. The third-order valence-corrected chi connectivity index (χ3v) is 7.00. The number of piperidine rings is 1. The van der Waals surface area contributed by atoms with E-state index in [9.17, 15) is 9.90 Å². The Balaban J connectivity index is 1.46. The molecule has 13 nitrogen and oxygen atoms in total. The van der Waals surface area contributed by atoms with Crippen molar-refractivity contribution in [2.24, 2.45) is 6.98 Å². The molecule has 0 amide bonds. The van der Waals surface area contributed by atoms with Crippen molar-refractivity contribution in [2.45, 2.75) is 76.6 Å². The van der Waals surface area contributed by atoms with Gasteiger partial charge in [-0.1, -0.05) is 0 Å².